The van der Waals surface area contributed by atoms with Gasteiger partial charge in [-0.1, -0.05) is 24.3 Å². The van der Waals surface area contributed by atoms with Crippen LogP contribution in [-0.2, 0) is 10.4 Å². The maximum absolute atomic E-state index is 13.4. The molecule has 0 spiro atoms. The number of ketones is 1. The monoisotopic (exact) mass is 299 g/mol. The third-order valence-corrected chi connectivity index (χ3v) is 3.91. The first-order valence-electron chi connectivity index (χ1n) is 6.84. The van der Waals surface area contributed by atoms with Gasteiger partial charge in [-0.2, -0.15) is 0 Å². The highest BCUT2D eigenvalue weighted by molar-refractivity contribution is 6.09. The molecule has 0 saturated heterocycles. The van der Waals surface area contributed by atoms with Crippen molar-refractivity contribution in [2.24, 2.45) is 0 Å². The molecule has 0 saturated carbocycles. The molecule has 0 aromatic heterocycles. The molecule has 1 aliphatic rings. The number of carbonyl (C=O) groups is 2. The van der Waals surface area contributed by atoms with Crippen LogP contribution in [0.4, 0.5) is 10.1 Å². The largest absolute Gasteiger partial charge is 0.375 e. The van der Waals surface area contributed by atoms with Crippen molar-refractivity contribution >= 4 is 17.4 Å². The number of halogens is 1. The van der Waals surface area contributed by atoms with E-state index < -0.39 is 23.7 Å². The summed E-state index contributed by atoms with van der Waals surface area (Å²) in [6, 6.07) is 10.6. The zero-order valence-corrected chi connectivity index (χ0v) is 11.9. The predicted octanol–water partition coefficient (Wildman–Crippen LogP) is 2.55. The van der Waals surface area contributed by atoms with E-state index in [1.54, 1.807) is 31.2 Å². The average molecular weight is 299 g/mol. The van der Waals surface area contributed by atoms with E-state index in [0.717, 1.165) is 11.6 Å². The smallest absolute Gasteiger partial charge is 0.261 e. The third-order valence-electron chi connectivity index (χ3n) is 3.91. The Bertz CT molecular complexity index is 787. The molecule has 1 amide bonds. The molecule has 1 heterocycles. The fourth-order valence-electron chi connectivity index (χ4n) is 2.70. The van der Waals surface area contributed by atoms with Gasteiger partial charge in [0.05, 0.1) is 6.42 Å². The van der Waals surface area contributed by atoms with E-state index in [9.17, 15) is 19.1 Å². The van der Waals surface area contributed by atoms with Crippen LogP contribution >= 0.6 is 0 Å². The van der Waals surface area contributed by atoms with Gasteiger partial charge < -0.3 is 10.4 Å². The van der Waals surface area contributed by atoms with Crippen molar-refractivity contribution in [2.45, 2.75) is 18.9 Å². The Kier molecular flexibility index (Phi) is 3.30. The summed E-state index contributed by atoms with van der Waals surface area (Å²) in [6.07, 6.45) is -0.430. The molecule has 1 aliphatic heterocycles. The maximum atomic E-state index is 13.4. The van der Waals surface area contributed by atoms with Gasteiger partial charge in [0.2, 0.25) is 0 Å². The lowest BCUT2D eigenvalue weighted by Crippen LogP contribution is -2.36. The van der Waals surface area contributed by atoms with E-state index in [4.69, 9.17) is 0 Å². The maximum Gasteiger partial charge on any atom is 0.261 e. The molecule has 5 heteroatoms. The number of amides is 1. The lowest BCUT2D eigenvalue weighted by Gasteiger charge is -2.20. The number of Topliss-reactive ketones (excluding diaryl/α,β-unsaturated/α-hetero) is 1. The van der Waals surface area contributed by atoms with Crippen molar-refractivity contribution in [1.29, 1.82) is 0 Å². The van der Waals surface area contributed by atoms with Gasteiger partial charge in [0.25, 0.3) is 5.91 Å². The first-order valence-corrected chi connectivity index (χ1v) is 6.84. The highest BCUT2D eigenvalue weighted by atomic mass is 19.1. The number of fused-ring (bicyclic) bond motifs is 1. The van der Waals surface area contributed by atoms with Gasteiger partial charge >= 0.3 is 0 Å². The topological polar surface area (TPSA) is 66.4 Å². The summed E-state index contributed by atoms with van der Waals surface area (Å²) in [4.78, 5) is 24.5. The van der Waals surface area contributed by atoms with Crippen molar-refractivity contribution in [3.63, 3.8) is 0 Å². The van der Waals surface area contributed by atoms with Crippen LogP contribution in [-0.4, -0.2) is 16.8 Å². The minimum Gasteiger partial charge on any atom is -0.375 e. The van der Waals surface area contributed by atoms with E-state index in [2.05, 4.69) is 5.32 Å². The second-order valence-electron chi connectivity index (χ2n) is 5.42. The Morgan fingerprint density at radius 1 is 1.27 bits per heavy atom. The van der Waals surface area contributed by atoms with Crippen LogP contribution in [0.3, 0.4) is 0 Å². The van der Waals surface area contributed by atoms with Crippen LogP contribution in [0.1, 0.15) is 27.9 Å². The van der Waals surface area contributed by atoms with Crippen LogP contribution in [0, 0.1) is 12.7 Å². The van der Waals surface area contributed by atoms with Gasteiger partial charge in [-0.25, -0.2) is 4.39 Å². The molecule has 1 atom stereocenters. The minimum absolute atomic E-state index is 0.0967. The van der Waals surface area contributed by atoms with Crippen LogP contribution in [0.15, 0.2) is 42.5 Å². The summed E-state index contributed by atoms with van der Waals surface area (Å²) in [5, 5.41) is 13.1. The van der Waals surface area contributed by atoms with Crippen molar-refractivity contribution in [3.05, 3.63) is 65.0 Å². The van der Waals surface area contributed by atoms with Crippen LogP contribution in [0.5, 0.6) is 0 Å². The second kappa shape index (κ2) is 5.03. The fraction of sp³-hybridized carbons (Fsp3) is 0.176. The molecular formula is C17H14FNO3. The fourth-order valence-corrected chi connectivity index (χ4v) is 2.70. The molecule has 0 aliphatic carbocycles. The number of hydrogen-bond donors (Lipinski definition) is 2. The highest BCUT2D eigenvalue weighted by Crippen LogP contribution is 2.39. The lowest BCUT2D eigenvalue weighted by atomic mass is 9.87. The van der Waals surface area contributed by atoms with Crippen molar-refractivity contribution in [2.75, 3.05) is 5.32 Å². The third kappa shape index (κ3) is 2.19. The van der Waals surface area contributed by atoms with Crippen molar-refractivity contribution in [3.8, 4) is 0 Å². The summed E-state index contributed by atoms with van der Waals surface area (Å²) >= 11 is 0. The van der Waals surface area contributed by atoms with E-state index in [1.807, 2.05) is 0 Å². The predicted molar refractivity (Wildman–Crippen MR) is 79.1 cm³/mol. The minimum atomic E-state index is -2.04. The summed E-state index contributed by atoms with van der Waals surface area (Å²) < 4.78 is 13.4. The second-order valence-corrected chi connectivity index (χ2v) is 5.42. The quantitative estimate of drug-likeness (QED) is 0.856. The van der Waals surface area contributed by atoms with Crippen molar-refractivity contribution in [1.82, 2.24) is 0 Å². The van der Waals surface area contributed by atoms with Gasteiger partial charge in [0, 0.05) is 16.8 Å². The normalized spacial score (nSPS) is 19.7. The van der Waals surface area contributed by atoms with Gasteiger partial charge in [0.1, 0.15) is 5.82 Å². The molecule has 22 heavy (non-hydrogen) atoms. The van der Waals surface area contributed by atoms with Gasteiger partial charge in [0.15, 0.2) is 11.4 Å². The Morgan fingerprint density at radius 2 is 2.00 bits per heavy atom. The zero-order valence-electron chi connectivity index (χ0n) is 11.9. The molecule has 4 nitrogen and oxygen atoms in total. The molecule has 112 valence electrons. The lowest BCUT2D eigenvalue weighted by molar-refractivity contribution is -0.133. The van der Waals surface area contributed by atoms with Gasteiger partial charge in [-0.15, -0.1) is 0 Å². The molecule has 3 rings (SSSR count). The van der Waals surface area contributed by atoms with Gasteiger partial charge in [-0.05, 0) is 30.7 Å². The van der Waals surface area contributed by atoms with Crippen LogP contribution < -0.4 is 5.32 Å². The number of hydrogen-bond acceptors (Lipinski definition) is 3. The molecule has 0 bridgehead atoms. The molecule has 2 aromatic carbocycles. The summed E-state index contributed by atoms with van der Waals surface area (Å²) in [5.41, 5.74) is -0.426. The number of anilines is 1. The average Bonchev–Trinajstić information content (AvgIpc) is 2.71. The first kappa shape index (κ1) is 14.4. The molecule has 2 N–H and O–H groups in total. The Hall–Kier alpha value is -2.53. The number of rotatable bonds is 3. The Balaban J connectivity index is 1.98. The number of aliphatic hydroxyl groups is 1. The van der Waals surface area contributed by atoms with Crippen molar-refractivity contribution < 1.29 is 19.1 Å². The Morgan fingerprint density at radius 3 is 2.73 bits per heavy atom. The number of nitrogens with one attached hydrogen (secondary N) is 1. The molecule has 0 fully saturated rings. The van der Waals surface area contributed by atoms with Gasteiger partial charge in [-0.3, -0.25) is 9.59 Å². The van der Waals surface area contributed by atoms with E-state index in [-0.39, 0.29) is 11.3 Å². The summed E-state index contributed by atoms with van der Waals surface area (Å²) in [7, 11) is 0. The summed E-state index contributed by atoms with van der Waals surface area (Å²) in [6.45, 7) is 1.78. The molecular weight excluding hydrogens is 285 g/mol. The zero-order chi connectivity index (χ0) is 15.9. The molecule has 0 unspecified atom stereocenters. The molecule has 0 radical (unpaired) electrons. The standard InChI is InChI=1S/C17H14FNO3/c1-10-4-2-3-5-12(10)15(20)9-17(22)13-8-11(18)6-7-14(13)19-16(17)21/h2-8,22H,9H2,1H3,(H,19,21)/t17-/m1/s1. The van der Waals surface area contributed by atoms with E-state index >= 15 is 0 Å². The van der Waals surface area contributed by atoms with E-state index in [1.165, 1.54) is 12.1 Å². The number of benzene rings is 2. The van der Waals surface area contributed by atoms with Crippen LogP contribution in [0.25, 0.3) is 0 Å². The highest BCUT2D eigenvalue weighted by Gasteiger charge is 2.47. The van der Waals surface area contributed by atoms with E-state index in [0.29, 0.717) is 11.3 Å². The molecule has 2 aromatic rings. The Labute approximate surface area is 126 Å². The number of aryl methyl sites for hydroxylation is 1. The van der Waals surface area contributed by atoms with Crippen LogP contribution in [0.2, 0.25) is 0 Å². The number of carbonyl (C=O) groups excluding carboxylic acids is 2. The SMILES string of the molecule is Cc1ccccc1C(=O)C[C@]1(O)C(=O)Nc2ccc(F)cc21. The first-order chi connectivity index (χ1) is 10.4. The summed E-state index contributed by atoms with van der Waals surface area (Å²) in [5.74, 6) is -1.65.